The van der Waals surface area contributed by atoms with Crippen molar-refractivity contribution >= 4 is 19.1 Å². The molecule has 2 amide bonds. The number of nitrogens with one attached hydrogen (secondary N) is 1. The Bertz CT molecular complexity index is 887. The normalized spacial score (nSPS) is 17.7. The van der Waals surface area contributed by atoms with E-state index in [0.717, 1.165) is 24.0 Å². The largest absolute Gasteiger partial charge is 0.475 e. The summed E-state index contributed by atoms with van der Waals surface area (Å²) in [6.07, 6.45) is 3.46. The molecule has 8 nitrogen and oxygen atoms in total. The van der Waals surface area contributed by atoms with E-state index in [4.69, 9.17) is 4.74 Å². The Hall–Kier alpha value is -2.83. The van der Waals surface area contributed by atoms with Crippen molar-refractivity contribution in [2.45, 2.75) is 65.4 Å². The molecular weight excluding hydrogens is 421 g/mol. The van der Waals surface area contributed by atoms with Gasteiger partial charge in [0, 0.05) is 6.54 Å². The minimum absolute atomic E-state index is 0.0371. The number of ether oxygens (including phenoxy) is 1. The fourth-order valence-electron chi connectivity index (χ4n) is 3.74. The van der Waals surface area contributed by atoms with Gasteiger partial charge in [0.25, 0.3) is 5.91 Å². The summed E-state index contributed by atoms with van der Waals surface area (Å²) in [5.74, 6) is -1.30. The van der Waals surface area contributed by atoms with Crippen LogP contribution in [0.2, 0.25) is 0 Å². The van der Waals surface area contributed by atoms with Gasteiger partial charge in [0.1, 0.15) is 18.2 Å². The zero-order valence-corrected chi connectivity index (χ0v) is 19.9. The molecule has 0 unspecified atom stereocenters. The molecule has 3 N–H and O–H groups in total. The lowest BCUT2D eigenvalue weighted by Gasteiger charge is -2.35. The molecule has 1 aromatic rings. The summed E-state index contributed by atoms with van der Waals surface area (Å²) in [5.41, 5.74) is 1.69. The van der Waals surface area contributed by atoms with Gasteiger partial charge < -0.3 is 25.0 Å². The summed E-state index contributed by atoms with van der Waals surface area (Å²) < 4.78 is 5.35. The van der Waals surface area contributed by atoms with Crippen LogP contribution in [0.1, 0.15) is 51.2 Å². The van der Waals surface area contributed by atoms with E-state index in [0.29, 0.717) is 13.0 Å². The van der Waals surface area contributed by atoms with Crippen molar-refractivity contribution in [3.63, 3.8) is 0 Å². The molecule has 0 radical (unpaired) electrons. The van der Waals surface area contributed by atoms with Crippen LogP contribution >= 0.6 is 0 Å². The van der Waals surface area contributed by atoms with Gasteiger partial charge in [-0.15, -0.1) is 0 Å². The van der Waals surface area contributed by atoms with Crippen molar-refractivity contribution in [1.29, 1.82) is 5.26 Å². The Morgan fingerprint density at radius 2 is 1.97 bits per heavy atom. The van der Waals surface area contributed by atoms with E-state index < -0.39 is 19.2 Å². The third-order valence-corrected chi connectivity index (χ3v) is 5.46. The average Bonchev–Trinajstić information content (AvgIpc) is 2.76. The van der Waals surface area contributed by atoms with Gasteiger partial charge in [-0.05, 0) is 43.6 Å². The smallest absolute Gasteiger partial charge is 0.447 e. The minimum Gasteiger partial charge on any atom is -0.447 e. The number of likely N-dealkylation sites (tertiary alicyclic amines) is 1. The summed E-state index contributed by atoms with van der Waals surface area (Å²) in [7, 11) is -1.76. The molecule has 1 aromatic carbocycles. The third-order valence-electron chi connectivity index (χ3n) is 5.46. The van der Waals surface area contributed by atoms with Gasteiger partial charge in [-0.2, -0.15) is 5.26 Å². The van der Waals surface area contributed by atoms with E-state index in [9.17, 15) is 24.9 Å². The fraction of sp³-hybridized carbons (Fsp3) is 0.542. The van der Waals surface area contributed by atoms with Crippen molar-refractivity contribution in [2.75, 3.05) is 13.2 Å². The van der Waals surface area contributed by atoms with Crippen LogP contribution in [0.15, 0.2) is 35.9 Å². The number of aryl methyl sites for hydroxylation is 1. The number of piperidine rings is 1. The molecule has 0 bridgehead atoms. The summed E-state index contributed by atoms with van der Waals surface area (Å²) in [6.45, 7) is 8.16. The molecule has 1 saturated heterocycles. The number of rotatable bonds is 7. The highest BCUT2D eigenvalue weighted by molar-refractivity contribution is 6.43. The Morgan fingerprint density at radius 1 is 1.30 bits per heavy atom. The second-order valence-electron chi connectivity index (χ2n) is 9.64. The Morgan fingerprint density at radius 3 is 2.55 bits per heavy atom. The molecule has 1 aliphatic rings. The van der Waals surface area contributed by atoms with Crippen LogP contribution in [0.4, 0.5) is 4.79 Å². The number of carbonyl (C=O) groups is 2. The van der Waals surface area contributed by atoms with Crippen LogP contribution in [-0.2, 0) is 16.0 Å². The molecule has 0 aromatic heterocycles. The highest BCUT2D eigenvalue weighted by Crippen LogP contribution is 2.23. The van der Waals surface area contributed by atoms with E-state index in [1.165, 1.54) is 0 Å². The molecule has 9 heteroatoms. The third kappa shape index (κ3) is 8.56. The fourth-order valence-corrected chi connectivity index (χ4v) is 3.74. The predicted octanol–water partition coefficient (Wildman–Crippen LogP) is 2.52. The minimum atomic E-state index is -1.76. The maximum atomic E-state index is 13.0. The van der Waals surface area contributed by atoms with Crippen LogP contribution in [0, 0.1) is 23.7 Å². The highest BCUT2D eigenvalue weighted by Gasteiger charge is 2.31. The molecule has 2 rings (SSSR count). The summed E-state index contributed by atoms with van der Waals surface area (Å²) in [5, 5.41) is 31.3. The molecular formula is C24H34BN3O5. The van der Waals surface area contributed by atoms with Crippen LogP contribution in [0.3, 0.4) is 0 Å². The lowest BCUT2D eigenvalue weighted by atomic mass is 9.76. The van der Waals surface area contributed by atoms with E-state index in [-0.39, 0.29) is 36.0 Å². The first kappa shape index (κ1) is 26.4. The molecule has 33 heavy (non-hydrogen) atoms. The number of hydrogen-bond donors (Lipinski definition) is 3. The van der Waals surface area contributed by atoms with Crippen molar-refractivity contribution in [1.82, 2.24) is 10.2 Å². The Balaban J connectivity index is 1.99. The van der Waals surface area contributed by atoms with Gasteiger partial charge in [-0.25, -0.2) is 4.79 Å². The first-order valence-corrected chi connectivity index (χ1v) is 11.3. The van der Waals surface area contributed by atoms with E-state index >= 15 is 0 Å². The molecule has 1 fully saturated rings. The van der Waals surface area contributed by atoms with Crippen LogP contribution in [-0.4, -0.2) is 59.2 Å². The number of carbonyl (C=O) groups excluding carboxylic acids is 2. The number of nitriles is 1. The molecule has 2 atom stereocenters. The number of hydrogen-bond acceptors (Lipinski definition) is 6. The second-order valence-corrected chi connectivity index (χ2v) is 9.64. The Labute approximate surface area is 196 Å². The van der Waals surface area contributed by atoms with Gasteiger partial charge in [0.05, 0.1) is 12.0 Å². The molecule has 1 aliphatic heterocycles. The lowest BCUT2D eigenvalue weighted by Crippen LogP contribution is -2.50. The van der Waals surface area contributed by atoms with Crippen LogP contribution < -0.4 is 5.32 Å². The van der Waals surface area contributed by atoms with Crippen LogP contribution in [0.25, 0.3) is 0 Å². The van der Waals surface area contributed by atoms with Crippen molar-refractivity contribution in [3.05, 3.63) is 47.0 Å². The topological polar surface area (TPSA) is 123 Å². The van der Waals surface area contributed by atoms with Crippen LogP contribution in [0.5, 0.6) is 0 Å². The number of nitrogens with zero attached hydrogens (tertiary/aromatic N) is 2. The van der Waals surface area contributed by atoms with E-state index in [1.807, 2.05) is 58.0 Å². The summed E-state index contributed by atoms with van der Waals surface area (Å²) >= 11 is 0. The molecule has 178 valence electrons. The summed E-state index contributed by atoms with van der Waals surface area (Å²) in [4.78, 5) is 26.9. The lowest BCUT2D eigenvalue weighted by molar-refractivity contribution is -0.131. The maximum Gasteiger partial charge on any atom is 0.475 e. The summed E-state index contributed by atoms with van der Waals surface area (Å²) in [6, 6.07) is 9.20. The van der Waals surface area contributed by atoms with Crippen molar-refractivity contribution < 1.29 is 24.4 Å². The molecule has 0 saturated carbocycles. The zero-order chi connectivity index (χ0) is 24.6. The predicted molar refractivity (Wildman–Crippen MR) is 126 cm³/mol. The van der Waals surface area contributed by atoms with Gasteiger partial charge in [0.15, 0.2) is 0 Å². The van der Waals surface area contributed by atoms with Gasteiger partial charge in [-0.3, -0.25) is 4.79 Å². The monoisotopic (exact) mass is 455 g/mol. The number of alkyl carbamates (subject to hydrolysis) is 1. The Kier molecular flexibility index (Phi) is 9.50. The maximum absolute atomic E-state index is 13.0. The first-order chi connectivity index (χ1) is 15.5. The van der Waals surface area contributed by atoms with E-state index in [2.05, 4.69) is 5.32 Å². The van der Waals surface area contributed by atoms with Gasteiger partial charge in [0.2, 0.25) is 0 Å². The molecule has 1 heterocycles. The number of benzene rings is 1. The van der Waals surface area contributed by atoms with Gasteiger partial charge in [-0.1, -0.05) is 56.7 Å². The van der Waals surface area contributed by atoms with Crippen molar-refractivity contribution in [3.8, 4) is 6.07 Å². The zero-order valence-electron chi connectivity index (χ0n) is 19.9. The standard InChI is InChI=1S/C24H34BN3O5/c1-17-8-10-18(11-9-17)13-21(25(31)32)27-23(30)33-16-20-7-5-6-12-28(20)22(29)19(15-26)14-24(2,3)4/h8-11,14,20-21,31-32H,5-7,12-13,16H2,1-4H3,(H,27,30)/t20-,21+/m1/s1. The van der Waals surface area contributed by atoms with Gasteiger partial charge >= 0.3 is 13.2 Å². The number of allylic oxidation sites excluding steroid dienone is 1. The SMILES string of the molecule is Cc1ccc(C[C@H](NC(=O)OC[C@H]2CCCCN2C(=O)C(C#N)=CC(C)(C)C)B(O)O)cc1. The van der Waals surface area contributed by atoms with Crippen molar-refractivity contribution in [2.24, 2.45) is 5.41 Å². The van der Waals surface area contributed by atoms with E-state index in [1.54, 1.807) is 11.0 Å². The highest BCUT2D eigenvalue weighted by atomic mass is 16.5. The quantitative estimate of drug-likeness (QED) is 0.330. The average molecular weight is 455 g/mol. The first-order valence-electron chi connectivity index (χ1n) is 11.3. The molecule has 0 spiro atoms. The molecule has 0 aliphatic carbocycles. The number of amides is 2. The second kappa shape index (κ2) is 11.9.